The van der Waals surface area contributed by atoms with Crippen molar-refractivity contribution < 1.29 is 19.1 Å². The number of halogens is 1. The highest BCUT2D eigenvalue weighted by molar-refractivity contribution is 6.31. The Bertz CT molecular complexity index is 778. The standard InChI is InChI=1S/C19H18ClNO4/c1-24-17-9-5-8-16(20)15(17)11-18(22)21-14(12-25-19(21)23)10-13-6-3-2-4-7-13/h2-9,14H,10-12H2,1H3/t14-/m0/s1. The highest BCUT2D eigenvalue weighted by atomic mass is 35.5. The second-order valence-corrected chi connectivity index (χ2v) is 6.19. The number of hydrogen-bond donors (Lipinski definition) is 0. The minimum Gasteiger partial charge on any atom is -0.496 e. The third-order valence-electron chi connectivity index (χ3n) is 4.17. The van der Waals surface area contributed by atoms with E-state index in [-0.39, 0.29) is 25.0 Å². The lowest BCUT2D eigenvalue weighted by molar-refractivity contribution is -0.128. The Kier molecular flexibility index (Phi) is 5.24. The average molecular weight is 360 g/mol. The molecule has 1 heterocycles. The van der Waals surface area contributed by atoms with Crippen LogP contribution in [0.25, 0.3) is 0 Å². The first-order chi connectivity index (χ1) is 12.1. The van der Waals surface area contributed by atoms with E-state index in [1.807, 2.05) is 30.3 Å². The molecule has 3 rings (SSSR count). The maximum absolute atomic E-state index is 12.8. The summed E-state index contributed by atoms with van der Waals surface area (Å²) in [5.41, 5.74) is 1.61. The van der Waals surface area contributed by atoms with E-state index in [1.54, 1.807) is 18.2 Å². The molecule has 25 heavy (non-hydrogen) atoms. The quantitative estimate of drug-likeness (QED) is 0.820. The van der Waals surface area contributed by atoms with Gasteiger partial charge in [-0.15, -0.1) is 0 Å². The molecule has 0 aromatic heterocycles. The third kappa shape index (κ3) is 3.77. The number of rotatable bonds is 5. The fourth-order valence-corrected chi connectivity index (χ4v) is 3.17. The molecule has 1 aliphatic heterocycles. The van der Waals surface area contributed by atoms with Crippen molar-refractivity contribution in [2.75, 3.05) is 13.7 Å². The summed E-state index contributed by atoms with van der Waals surface area (Å²) < 4.78 is 10.4. The van der Waals surface area contributed by atoms with Crippen molar-refractivity contribution in [2.45, 2.75) is 18.9 Å². The lowest BCUT2D eigenvalue weighted by atomic mass is 10.0. The van der Waals surface area contributed by atoms with Gasteiger partial charge in [-0.2, -0.15) is 0 Å². The summed E-state index contributed by atoms with van der Waals surface area (Å²) in [5, 5.41) is 0.430. The molecule has 0 spiro atoms. The molecule has 0 aliphatic carbocycles. The summed E-state index contributed by atoms with van der Waals surface area (Å²) >= 11 is 6.19. The van der Waals surface area contributed by atoms with Crippen molar-refractivity contribution in [3.63, 3.8) is 0 Å². The number of amides is 2. The minimum absolute atomic E-state index is 0.0246. The van der Waals surface area contributed by atoms with E-state index in [2.05, 4.69) is 0 Å². The zero-order chi connectivity index (χ0) is 17.8. The molecule has 130 valence electrons. The van der Waals surface area contributed by atoms with E-state index >= 15 is 0 Å². The van der Waals surface area contributed by atoms with Gasteiger partial charge >= 0.3 is 6.09 Å². The van der Waals surface area contributed by atoms with Crippen molar-refractivity contribution in [1.82, 2.24) is 4.90 Å². The fraction of sp³-hybridized carbons (Fsp3) is 0.263. The van der Waals surface area contributed by atoms with E-state index in [1.165, 1.54) is 12.0 Å². The second-order valence-electron chi connectivity index (χ2n) is 5.78. The van der Waals surface area contributed by atoms with Crippen LogP contribution in [0.4, 0.5) is 4.79 Å². The van der Waals surface area contributed by atoms with Crippen LogP contribution < -0.4 is 4.74 Å². The van der Waals surface area contributed by atoms with Crippen LogP contribution in [0.1, 0.15) is 11.1 Å². The number of imide groups is 1. The topological polar surface area (TPSA) is 55.8 Å². The molecule has 1 aliphatic rings. The Morgan fingerprint density at radius 2 is 2.00 bits per heavy atom. The van der Waals surface area contributed by atoms with Crippen LogP contribution in [0.15, 0.2) is 48.5 Å². The van der Waals surface area contributed by atoms with Crippen LogP contribution >= 0.6 is 11.6 Å². The number of nitrogens with zero attached hydrogens (tertiary/aromatic N) is 1. The van der Waals surface area contributed by atoms with Gasteiger partial charge in [-0.1, -0.05) is 48.0 Å². The molecule has 0 saturated carbocycles. The number of carbonyl (C=O) groups is 2. The van der Waals surface area contributed by atoms with Crippen molar-refractivity contribution in [2.24, 2.45) is 0 Å². The summed E-state index contributed by atoms with van der Waals surface area (Å²) in [4.78, 5) is 26.0. The van der Waals surface area contributed by atoms with Gasteiger partial charge in [0.05, 0.1) is 19.6 Å². The van der Waals surface area contributed by atoms with E-state index in [0.717, 1.165) is 5.56 Å². The third-order valence-corrected chi connectivity index (χ3v) is 4.52. The predicted molar refractivity (Wildman–Crippen MR) is 93.8 cm³/mol. The SMILES string of the molecule is COc1cccc(Cl)c1CC(=O)N1C(=O)OC[C@@H]1Cc1ccccc1. The Balaban J connectivity index is 1.79. The van der Waals surface area contributed by atoms with Crippen LogP contribution in [0.5, 0.6) is 5.75 Å². The molecule has 5 nitrogen and oxygen atoms in total. The maximum atomic E-state index is 12.8. The first-order valence-electron chi connectivity index (χ1n) is 7.94. The molecule has 6 heteroatoms. The number of benzene rings is 2. The van der Waals surface area contributed by atoms with Crippen LogP contribution in [-0.2, 0) is 22.4 Å². The number of carbonyl (C=O) groups excluding carboxylic acids is 2. The molecule has 0 radical (unpaired) electrons. The zero-order valence-electron chi connectivity index (χ0n) is 13.8. The lowest BCUT2D eigenvalue weighted by Crippen LogP contribution is -2.41. The number of cyclic esters (lactones) is 1. The molecule has 0 N–H and O–H groups in total. The van der Waals surface area contributed by atoms with Crippen molar-refractivity contribution in [1.29, 1.82) is 0 Å². The summed E-state index contributed by atoms with van der Waals surface area (Å²) in [5.74, 6) is 0.169. The monoisotopic (exact) mass is 359 g/mol. The molecular weight excluding hydrogens is 342 g/mol. The smallest absolute Gasteiger partial charge is 0.416 e. The lowest BCUT2D eigenvalue weighted by Gasteiger charge is -2.20. The van der Waals surface area contributed by atoms with Crippen LogP contribution in [-0.4, -0.2) is 36.7 Å². The van der Waals surface area contributed by atoms with Gasteiger partial charge in [-0.25, -0.2) is 9.69 Å². The maximum Gasteiger partial charge on any atom is 0.416 e. The van der Waals surface area contributed by atoms with Crippen molar-refractivity contribution >= 4 is 23.6 Å². The number of ether oxygens (including phenoxy) is 2. The van der Waals surface area contributed by atoms with E-state index in [4.69, 9.17) is 21.1 Å². The van der Waals surface area contributed by atoms with Gasteiger partial charge in [0.1, 0.15) is 12.4 Å². The zero-order valence-corrected chi connectivity index (χ0v) is 14.5. The molecule has 1 saturated heterocycles. The molecule has 0 unspecified atom stereocenters. The molecular formula is C19H18ClNO4. The minimum atomic E-state index is -0.614. The predicted octanol–water partition coefficient (Wildman–Crippen LogP) is 3.48. The molecule has 0 bridgehead atoms. The van der Waals surface area contributed by atoms with Gasteiger partial charge in [-0.3, -0.25) is 4.79 Å². The second kappa shape index (κ2) is 7.57. The first-order valence-corrected chi connectivity index (χ1v) is 8.32. The highest BCUT2D eigenvalue weighted by Gasteiger charge is 2.38. The average Bonchev–Trinajstić information content (AvgIpc) is 2.98. The van der Waals surface area contributed by atoms with Crippen LogP contribution in [0.2, 0.25) is 5.02 Å². The van der Waals surface area contributed by atoms with Gasteiger partial charge in [-0.05, 0) is 24.1 Å². The van der Waals surface area contributed by atoms with Crippen molar-refractivity contribution in [3.05, 3.63) is 64.7 Å². The largest absolute Gasteiger partial charge is 0.496 e. The van der Waals surface area contributed by atoms with Gasteiger partial charge < -0.3 is 9.47 Å². The van der Waals surface area contributed by atoms with Gasteiger partial charge in [0.2, 0.25) is 5.91 Å². The highest BCUT2D eigenvalue weighted by Crippen LogP contribution is 2.28. The van der Waals surface area contributed by atoms with E-state index in [0.29, 0.717) is 22.8 Å². The van der Waals surface area contributed by atoms with E-state index < -0.39 is 6.09 Å². The van der Waals surface area contributed by atoms with E-state index in [9.17, 15) is 9.59 Å². The van der Waals surface area contributed by atoms with Crippen molar-refractivity contribution in [3.8, 4) is 5.75 Å². The van der Waals surface area contributed by atoms with Gasteiger partial charge in [0, 0.05) is 10.6 Å². The number of hydrogen-bond acceptors (Lipinski definition) is 4. The summed E-state index contributed by atoms with van der Waals surface area (Å²) in [6.45, 7) is 0.194. The Labute approximate surface area is 151 Å². The molecule has 2 amide bonds. The Hall–Kier alpha value is -2.53. The molecule has 1 fully saturated rings. The van der Waals surface area contributed by atoms with Crippen LogP contribution in [0.3, 0.4) is 0 Å². The molecule has 2 aromatic rings. The number of methoxy groups -OCH3 is 1. The summed E-state index contributed by atoms with van der Waals surface area (Å²) in [7, 11) is 1.52. The van der Waals surface area contributed by atoms with Gasteiger partial charge in [0.15, 0.2) is 0 Å². The fourth-order valence-electron chi connectivity index (χ4n) is 2.94. The summed E-state index contributed by atoms with van der Waals surface area (Å²) in [6.07, 6.45) is -0.0850. The Morgan fingerprint density at radius 1 is 1.24 bits per heavy atom. The van der Waals surface area contributed by atoms with Gasteiger partial charge in [0.25, 0.3) is 0 Å². The van der Waals surface area contributed by atoms with Crippen LogP contribution in [0, 0.1) is 0 Å². The normalized spacial score (nSPS) is 16.6. The Morgan fingerprint density at radius 3 is 2.72 bits per heavy atom. The summed E-state index contributed by atoms with van der Waals surface area (Å²) in [6, 6.07) is 14.5. The molecule has 2 aromatic carbocycles. The first kappa shape index (κ1) is 17.3. The molecule has 1 atom stereocenters.